The van der Waals surface area contributed by atoms with Crippen molar-refractivity contribution in [1.29, 1.82) is 0 Å². The van der Waals surface area contributed by atoms with Crippen LogP contribution in [0.1, 0.15) is 30.6 Å². The standard InChI is InChI=1S/C19H25N3O3S/c23-17-6-2-1-3-9-22(17)15-19(25)21-12-10-20(11-13-21)18(24)8-7-16-5-4-14-26-16/h4-5,7-8,14H,1-3,6,9-13,15H2. The van der Waals surface area contributed by atoms with Crippen LogP contribution in [0.3, 0.4) is 0 Å². The zero-order chi connectivity index (χ0) is 18.4. The topological polar surface area (TPSA) is 60.9 Å². The molecule has 1 aromatic heterocycles. The lowest BCUT2D eigenvalue weighted by molar-refractivity contribution is -0.142. The van der Waals surface area contributed by atoms with Crippen LogP contribution in [-0.2, 0) is 14.4 Å². The van der Waals surface area contributed by atoms with Gasteiger partial charge in [0.1, 0.15) is 0 Å². The van der Waals surface area contributed by atoms with Crippen LogP contribution in [0.25, 0.3) is 6.08 Å². The molecule has 2 aliphatic heterocycles. The van der Waals surface area contributed by atoms with Gasteiger partial charge in [0.2, 0.25) is 17.7 Å². The molecule has 0 aliphatic carbocycles. The Bertz CT molecular complexity index is 664. The molecule has 140 valence electrons. The molecule has 0 bridgehead atoms. The minimum absolute atomic E-state index is 0.0125. The zero-order valence-corrected chi connectivity index (χ0v) is 15.7. The van der Waals surface area contributed by atoms with Gasteiger partial charge in [0, 0.05) is 50.1 Å². The molecule has 3 heterocycles. The van der Waals surface area contributed by atoms with E-state index < -0.39 is 0 Å². The molecule has 0 unspecified atom stereocenters. The average Bonchev–Trinajstić information content (AvgIpc) is 3.10. The predicted octanol–water partition coefficient (Wildman–Crippen LogP) is 1.83. The number of thiophene rings is 1. The van der Waals surface area contributed by atoms with Crippen molar-refractivity contribution in [2.45, 2.75) is 25.7 Å². The molecule has 3 rings (SSSR count). The fraction of sp³-hybridized carbons (Fsp3) is 0.526. The average molecular weight is 375 g/mol. The Morgan fingerprint density at radius 1 is 1.04 bits per heavy atom. The van der Waals surface area contributed by atoms with Crippen molar-refractivity contribution in [2.24, 2.45) is 0 Å². The van der Waals surface area contributed by atoms with E-state index in [2.05, 4.69) is 0 Å². The summed E-state index contributed by atoms with van der Waals surface area (Å²) in [6.07, 6.45) is 6.91. The van der Waals surface area contributed by atoms with Crippen molar-refractivity contribution in [3.05, 3.63) is 28.5 Å². The van der Waals surface area contributed by atoms with Crippen LogP contribution < -0.4 is 0 Å². The number of carbonyl (C=O) groups excluding carboxylic acids is 3. The van der Waals surface area contributed by atoms with E-state index in [0.29, 0.717) is 39.1 Å². The Hall–Kier alpha value is -2.15. The minimum atomic E-state index is -0.0202. The van der Waals surface area contributed by atoms with Gasteiger partial charge in [-0.05, 0) is 30.4 Å². The number of nitrogens with zero attached hydrogens (tertiary/aromatic N) is 3. The molecule has 0 N–H and O–H groups in total. The molecule has 2 saturated heterocycles. The van der Waals surface area contributed by atoms with Crippen LogP contribution in [-0.4, -0.2) is 71.7 Å². The van der Waals surface area contributed by atoms with E-state index >= 15 is 0 Å². The van der Waals surface area contributed by atoms with Gasteiger partial charge < -0.3 is 14.7 Å². The maximum Gasteiger partial charge on any atom is 0.246 e. The van der Waals surface area contributed by atoms with Gasteiger partial charge in [-0.2, -0.15) is 0 Å². The van der Waals surface area contributed by atoms with Gasteiger partial charge in [0.05, 0.1) is 6.54 Å². The number of carbonyl (C=O) groups is 3. The number of likely N-dealkylation sites (tertiary alicyclic amines) is 1. The van der Waals surface area contributed by atoms with E-state index in [9.17, 15) is 14.4 Å². The summed E-state index contributed by atoms with van der Waals surface area (Å²) in [4.78, 5) is 43.1. The highest BCUT2D eigenvalue weighted by molar-refractivity contribution is 7.10. The number of hydrogen-bond donors (Lipinski definition) is 0. The molecule has 3 amide bonds. The molecule has 0 saturated carbocycles. The summed E-state index contributed by atoms with van der Waals surface area (Å²) >= 11 is 1.59. The second-order valence-electron chi connectivity index (χ2n) is 6.68. The zero-order valence-electron chi connectivity index (χ0n) is 14.9. The number of amides is 3. The van der Waals surface area contributed by atoms with Crippen LogP contribution in [0, 0.1) is 0 Å². The van der Waals surface area contributed by atoms with Crippen LogP contribution in [0.4, 0.5) is 0 Å². The van der Waals surface area contributed by atoms with Gasteiger partial charge in [0.15, 0.2) is 0 Å². The third-order valence-corrected chi connectivity index (χ3v) is 5.71. The second-order valence-corrected chi connectivity index (χ2v) is 7.66. The van der Waals surface area contributed by atoms with Crippen LogP contribution in [0.15, 0.2) is 23.6 Å². The number of hydrogen-bond acceptors (Lipinski definition) is 4. The summed E-state index contributed by atoms with van der Waals surface area (Å²) in [6, 6.07) is 3.92. The van der Waals surface area contributed by atoms with Crippen molar-refractivity contribution in [1.82, 2.24) is 14.7 Å². The highest BCUT2D eigenvalue weighted by atomic mass is 32.1. The fourth-order valence-electron chi connectivity index (χ4n) is 3.29. The lowest BCUT2D eigenvalue weighted by Crippen LogP contribution is -2.52. The van der Waals surface area contributed by atoms with Gasteiger partial charge >= 0.3 is 0 Å². The smallest absolute Gasteiger partial charge is 0.246 e. The first-order valence-corrected chi connectivity index (χ1v) is 10.1. The molecule has 6 nitrogen and oxygen atoms in total. The van der Waals surface area contributed by atoms with Crippen LogP contribution in [0.2, 0.25) is 0 Å². The number of rotatable bonds is 4. The quantitative estimate of drug-likeness (QED) is 0.755. The molecular formula is C19H25N3O3S. The van der Waals surface area contributed by atoms with Crippen molar-refractivity contribution >= 4 is 35.1 Å². The molecule has 0 aromatic carbocycles. The van der Waals surface area contributed by atoms with Gasteiger partial charge in [-0.3, -0.25) is 14.4 Å². The lowest BCUT2D eigenvalue weighted by Gasteiger charge is -2.35. The van der Waals surface area contributed by atoms with Crippen molar-refractivity contribution < 1.29 is 14.4 Å². The maximum absolute atomic E-state index is 12.5. The number of piperazine rings is 1. The highest BCUT2D eigenvalue weighted by Crippen LogP contribution is 2.13. The highest BCUT2D eigenvalue weighted by Gasteiger charge is 2.26. The summed E-state index contributed by atoms with van der Waals surface area (Å²) < 4.78 is 0. The molecule has 7 heteroatoms. The Morgan fingerprint density at radius 2 is 1.81 bits per heavy atom. The van der Waals surface area contributed by atoms with E-state index in [4.69, 9.17) is 0 Å². The molecule has 0 radical (unpaired) electrons. The summed E-state index contributed by atoms with van der Waals surface area (Å²) in [5, 5.41) is 1.98. The third kappa shape index (κ3) is 4.94. The first-order valence-electron chi connectivity index (χ1n) is 9.19. The minimum Gasteiger partial charge on any atom is -0.338 e. The van der Waals surface area contributed by atoms with Crippen molar-refractivity contribution in [3.63, 3.8) is 0 Å². The SMILES string of the molecule is O=C(C=Cc1cccs1)N1CCN(C(=O)CN2CCCCCC2=O)CC1. The normalized spacial score (nSPS) is 19.1. The molecular weight excluding hydrogens is 350 g/mol. The Balaban J connectivity index is 1.46. The molecule has 0 atom stereocenters. The van der Waals surface area contributed by atoms with Crippen LogP contribution >= 0.6 is 11.3 Å². The Morgan fingerprint density at radius 3 is 2.54 bits per heavy atom. The molecule has 2 aliphatic rings. The van der Waals surface area contributed by atoms with E-state index in [1.54, 1.807) is 32.1 Å². The first-order chi connectivity index (χ1) is 12.6. The van der Waals surface area contributed by atoms with Gasteiger partial charge in [-0.1, -0.05) is 12.5 Å². The van der Waals surface area contributed by atoms with Gasteiger partial charge in [-0.15, -0.1) is 11.3 Å². The first kappa shape index (κ1) is 18.6. The summed E-state index contributed by atoms with van der Waals surface area (Å²) in [5.74, 6) is 0.0537. The molecule has 26 heavy (non-hydrogen) atoms. The molecule has 1 aromatic rings. The van der Waals surface area contributed by atoms with Gasteiger partial charge in [-0.25, -0.2) is 0 Å². The van der Waals surface area contributed by atoms with Gasteiger partial charge in [0.25, 0.3) is 0 Å². The monoisotopic (exact) mass is 375 g/mol. The lowest BCUT2D eigenvalue weighted by atomic mass is 10.2. The van der Waals surface area contributed by atoms with E-state index in [-0.39, 0.29) is 24.3 Å². The molecule has 2 fully saturated rings. The summed E-state index contributed by atoms with van der Waals surface area (Å²) in [5.41, 5.74) is 0. The summed E-state index contributed by atoms with van der Waals surface area (Å²) in [7, 11) is 0. The predicted molar refractivity (Wildman–Crippen MR) is 102 cm³/mol. The van der Waals surface area contributed by atoms with E-state index in [0.717, 1.165) is 24.1 Å². The Kier molecular flexibility index (Phi) is 6.44. The van der Waals surface area contributed by atoms with Crippen molar-refractivity contribution in [3.8, 4) is 0 Å². The fourth-order valence-corrected chi connectivity index (χ4v) is 3.91. The van der Waals surface area contributed by atoms with Crippen molar-refractivity contribution in [2.75, 3.05) is 39.3 Å². The second kappa shape index (κ2) is 8.98. The largest absolute Gasteiger partial charge is 0.338 e. The third-order valence-electron chi connectivity index (χ3n) is 4.87. The van der Waals surface area contributed by atoms with E-state index in [1.165, 1.54) is 0 Å². The maximum atomic E-state index is 12.5. The molecule has 0 spiro atoms. The summed E-state index contributed by atoms with van der Waals surface area (Å²) in [6.45, 7) is 2.97. The van der Waals surface area contributed by atoms with Crippen LogP contribution in [0.5, 0.6) is 0 Å². The Labute approximate surface area is 158 Å². The van der Waals surface area contributed by atoms with E-state index in [1.807, 2.05) is 23.6 Å².